The van der Waals surface area contributed by atoms with Crippen LogP contribution in [0.5, 0.6) is 0 Å². The van der Waals surface area contributed by atoms with E-state index in [0.29, 0.717) is 22.5 Å². The van der Waals surface area contributed by atoms with Gasteiger partial charge in [-0.2, -0.15) is 0 Å². The molecule has 0 atom stereocenters. The predicted molar refractivity (Wildman–Crippen MR) is 121 cm³/mol. The van der Waals surface area contributed by atoms with E-state index in [2.05, 4.69) is 5.32 Å². The summed E-state index contributed by atoms with van der Waals surface area (Å²) in [5, 5.41) is 3.78. The molecule has 0 bridgehead atoms. The van der Waals surface area contributed by atoms with Crippen molar-refractivity contribution in [3.8, 4) is 0 Å². The van der Waals surface area contributed by atoms with Gasteiger partial charge in [-0.05, 0) is 35.4 Å². The Morgan fingerprint density at radius 3 is 2.23 bits per heavy atom. The van der Waals surface area contributed by atoms with Crippen LogP contribution in [-0.2, 0) is 24.4 Å². The molecule has 6 nitrogen and oxygen atoms in total. The Bertz CT molecular complexity index is 1340. The average Bonchev–Trinajstić information content (AvgIpc) is 2.80. The molecule has 156 valence electrons. The number of benzene rings is 3. The molecule has 0 saturated heterocycles. The molecule has 1 aromatic heterocycles. The van der Waals surface area contributed by atoms with Crippen LogP contribution < -0.4 is 16.6 Å². The van der Waals surface area contributed by atoms with Crippen molar-refractivity contribution in [3.63, 3.8) is 0 Å². The minimum atomic E-state index is -0.534. The summed E-state index contributed by atoms with van der Waals surface area (Å²) in [4.78, 5) is 38.8. The number of hydrogen-bond acceptors (Lipinski definition) is 3. The van der Waals surface area contributed by atoms with Crippen LogP contribution in [0.15, 0.2) is 88.5 Å². The molecule has 1 N–H and O–H groups in total. The molecule has 1 heterocycles. The zero-order valence-electron chi connectivity index (χ0n) is 16.6. The number of rotatable bonds is 6. The van der Waals surface area contributed by atoms with Crippen LogP contribution >= 0.6 is 11.6 Å². The number of fused-ring (bicyclic) bond motifs is 1. The van der Waals surface area contributed by atoms with E-state index in [1.807, 2.05) is 30.3 Å². The quantitative estimate of drug-likeness (QED) is 0.507. The van der Waals surface area contributed by atoms with E-state index in [-0.39, 0.29) is 19.0 Å². The van der Waals surface area contributed by atoms with Crippen molar-refractivity contribution >= 4 is 28.4 Å². The number of hydrogen-bond donors (Lipinski definition) is 1. The van der Waals surface area contributed by atoms with Gasteiger partial charge in [0.1, 0.15) is 6.54 Å². The Hall–Kier alpha value is -3.64. The molecule has 7 heteroatoms. The number of halogens is 1. The molecule has 0 saturated carbocycles. The van der Waals surface area contributed by atoms with Crippen molar-refractivity contribution in [1.29, 1.82) is 0 Å². The van der Waals surface area contributed by atoms with Crippen molar-refractivity contribution in [2.24, 2.45) is 0 Å². The number of amides is 1. The molecule has 0 aliphatic carbocycles. The van der Waals surface area contributed by atoms with Crippen molar-refractivity contribution in [3.05, 3.63) is 116 Å². The monoisotopic (exact) mass is 433 g/mol. The third-order valence-electron chi connectivity index (χ3n) is 5.02. The lowest BCUT2D eigenvalue weighted by molar-refractivity contribution is -0.121. The van der Waals surface area contributed by atoms with Crippen molar-refractivity contribution in [2.45, 2.75) is 19.6 Å². The van der Waals surface area contributed by atoms with Gasteiger partial charge < -0.3 is 5.32 Å². The van der Waals surface area contributed by atoms with Gasteiger partial charge in [0, 0.05) is 11.6 Å². The third kappa shape index (κ3) is 4.59. The molecule has 0 radical (unpaired) electrons. The fourth-order valence-corrected chi connectivity index (χ4v) is 3.56. The van der Waals surface area contributed by atoms with Crippen LogP contribution in [0.2, 0.25) is 5.02 Å². The van der Waals surface area contributed by atoms with E-state index in [0.717, 1.165) is 15.7 Å². The molecule has 0 unspecified atom stereocenters. The molecule has 31 heavy (non-hydrogen) atoms. The zero-order valence-corrected chi connectivity index (χ0v) is 17.4. The Labute approximate surface area is 183 Å². The van der Waals surface area contributed by atoms with Gasteiger partial charge in [-0.15, -0.1) is 0 Å². The maximum absolute atomic E-state index is 13.2. The van der Waals surface area contributed by atoms with Gasteiger partial charge in [0.2, 0.25) is 5.91 Å². The average molecular weight is 434 g/mol. The first-order valence-corrected chi connectivity index (χ1v) is 10.2. The molecule has 0 fully saturated rings. The maximum Gasteiger partial charge on any atom is 0.332 e. The predicted octanol–water partition coefficient (Wildman–Crippen LogP) is 3.18. The van der Waals surface area contributed by atoms with Crippen LogP contribution in [0.1, 0.15) is 11.1 Å². The molecule has 0 aliphatic heterocycles. The highest BCUT2D eigenvalue weighted by molar-refractivity contribution is 6.30. The van der Waals surface area contributed by atoms with Gasteiger partial charge >= 0.3 is 5.69 Å². The second-order valence-electron chi connectivity index (χ2n) is 7.17. The summed E-state index contributed by atoms with van der Waals surface area (Å²) in [6.45, 7) is 0.259. The van der Waals surface area contributed by atoms with E-state index in [1.165, 1.54) is 4.57 Å². The van der Waals surface area contributed by atoms with Crippen molar-refractivity contribution < 1.29 is 4.79 Å². The second-order valence-corrected chi connectivity index (χ2v) is 7.60. The summed E-state index contributed by atoms with van der Waals surface area (Å²) < 4.78 is 2.49. The molecule has 4 aromatic rings. The summed E-state index contributed by atoms with van der Waals surface area (Å²) in [5.41, 5.74) is 1.23. The molecule has 0 aliphatic rings. The minimum absolute atomic E-state index is 0.0886. The maximum atomic E-state index is 13.2. The molecule has 0 spiro atoms. The van der Waals surface area contributed by atoms with Gasteiger partial charge in [0.05, 0.1) is 17.4 Å². The second kappa shape index (κ2) is 9.02. The number of carbonyl (C=O) groups is 1. The first kappa shape index (κ1) is 20.6. The molecule has 3 aromatic carbocycles. The lowest BCUT2D eigenvalue weighted by Crippen LogP contribution is -2.42. The zero-order chi connectivity index (χ0) is 21.8. The minimum Gasteiger partial charge on any atom is -0.350 e. The number of nitrogens with zero attached hydrogens (tertiary/aromatic N) is 2. The van der Waals surface area contributed by atoms with Crippen LogP contribution in [0.4, 0.5) is 0 Å². The van der Waals surface area contributed by atoms with Gasteiger partial charge in [0.25, 0.3) is 5.56 Å². The summed E-state index contributed by atoms with van der Waals surface area (Å²) >= 11 is 5.93. The van der Waals surface area contributed by atoms with Gasteiger partial charge in [-0.25, -0.2) is 4.79 Å². The number of aromatic nitrogens is 2. The van der Waals surface area contributed by atoms with Crippen LogP contribution in [0.3, 0.4) is 0 Å². The van der Waals surface area contributed by atoms with Crippen LogP contribution in [0.25, 0.3) is 10.9 Å². The molecular formula is C24H20ClN3O3. The third-order valence-corrected chi connectivity index (χ3v) is 5.27. The number of nitrogens with one attached hydrogen (secondary N) is 1. The lowest BCUT2D eigenvalue weighted by Gasteiger charge is -2.14. The Balaban J connectivity index is 1.68. The Morgan fingerprint density at radius 1 is 0.806 bits per heavy atom. The van der Waals surface area contributed by atoms with Crippen LogP contribution in [-0.4, -0.2) is 15.0 Å². The summed E-state index contributed by atoms with van der Waals surface area (Å²) in [6, 6.07) is 23.3. The summed E-state index contributed by atoms with van der Waals surface area (Å²) in [7, 11) is 0. The number of para-hydroxylation sites is 1. The first-order valence-electron chi connectivity index (χ1n) is 9.80. The fraction of sp³-hybridized carbons (Fsp3) is 0.125. The van der Waals surface area contributed by atoms with Crippen molar-refractivity contribution in [2.75, 3.05) is 0 Å². The summed E-state index contributed by atoms with van der Waals surface area (Å²) in [6.07, 6.45) is 0. The van der Waals surface area contributed by atoms with Crippen LogP contribution in [0, 0.1) is 0 Å². The standard InChI is InChI=1S/C24H20ClN3O3/c25-19-12-10-18(11-13-19)15-28-23(30)20-8-4-5-9-21(20)27(24(28)31)16-22(29)26-14-17-6-2-1-3-7-17/h1-13H,14-16H2,(H,26,29). The van der Waals surface area contributed by atoms with E-state index < -0.39 is 11.2 Å². The Morgan fingerprint density at radius 2 is 1.48 bits per heavy atom. The highest BCUT2D eigenvalue weighted by Crippen LogP contribution is 2.11. The highest BCUT2D eigenvalue weighted by Gasteiger charge is 2.15. The molecular weight excluding hydrogens is 414 g/mol. The smallest absolute Gasteiger partial charge is 0.332 e. The van der Waals surface area contributed by atoms with Crippen molar-refractivity contribution in [1.82, 2.24) is 14.5 Å². The number of carbonyl (C=O) groups excluding carboxylic acids is 1. The highest BCUT2D eigenvalue weighted by atomic mass is 35.5. The Kier molecular flexibility index (Phi) is 6.00. The largest absolute Gasteiger partial charge is 0.350 e. The van der Waals surface area contributed by atoms with E-state index in [1.54, 1.807) is 48.5 Å². The van der Waals surface area contributed by atoms with Gasteiger partial charge in [-0.3, -0.25) is 18.7 Å². The lowest BCUT2D eigenvalue weighted by atomic mass is 10.2. The summed E-state index contributed by atoms with van der Waals surface area (Å²) in [5.74, 6) is -0.312. The van der Waals surface area contributed by atoms with E-state index in [4.69, 9.17) is 11.6 Å². The van der Waals surface area contributed by atoms with E-state index >= 15 is 0 Å². The van der Waals surface area contributed by atoms with E-state index in [9.17, 15) is 14.4 Å². The fourth-order valence-electron chi connectivity index (χ4n) is 3.43. The molecule has 4 rings (SSSR count). The molecule has 1 amide bonds. The van der Waals surface area contributed by atoms with Gasteiger partial charge in [-0.1, -0.05) is 66.2 Å². The van der Waals surface area contributed by atoms with Gasteiger partial charge in [0.15, 0.2) is 0 Å². The normalized spacial score (nSPS) is 10.9. The topological polar surface area (TPSA) is 73.1 Å². The SMILES string of the molecule is O=C(Cn1c(=O)n(Cc2ccc(Cl)cc2)c(=O)c2ccccc21)NCc1ccccc1. The first-order chi connectivity index (χ1) is 15.0.